The maximum Gasteiger partial charge on any atom is 0.309 e. The molecule has 0 aliphatic carbocycles. The van der Waals surface area contributed by atoms with Crippen LogP contribution in [0, 0.1) is 6.92 Å². The fourth-order valence-corrected chi connectivity index (χ4v) is 3.78. The first-order valence-electron chi connectivity index (χ1n) is 8.26. The van der Waals surface area contributed by atoms with Crippen molar-refractivity contribution in [1.82, 2.24) is 0 Å². The van der Waals surface area contributed by atoms with Crippen molar-refractivity contribution in [2.75, 3.05) is 19.1 Å². The lowest BCUT2D eigenvalue weighted by Crippen LogP contribution is -2.25. The van der Waals surface area contributed by atoms with Gasteiger partial charge in [0.1, 0.15) is 11.9 Å². The molecule has 1 unspecified atom stereocenters. The average Bonchev–Trinajstić information content (AvgIpc) is 2.86. The number of para-hydroxylation sites is 1. The number of aryl methyl sites for hydroxylation is 1. The normalized spacial score (nSPS) is 17.3. The number of methoxy groups -OCH3 is 1. The molecule has 0 saturated heterocycles. The molecule has 1 amide bonds. The molecule has 0 aromatic heterocycles. The molecular weight excluding hydrogens is 334 g/mol. The Kier molecular flexibility index (Phi) is 3.57. The van der Waals surface area contributed by atoms with Gasteiger partial charge in [-0.25, -0.2) is 0 Å². The highest BCUT2D eigenvalue weighted by molar-refractivity contribution is 6.53. The van der Waals surface area contributed by atoms with Crippen LogP contribution >= 0.6 is 0 Å². The molecule has 4 rings (SSSR count). The first-order valence-corrected chi connectivity index (χ1v) is 8.26. The maximum atomic E-state index is 12.7. The van der Waals surface area contributed by atoms with Gasteiger partial charge in [0.2, 0.25) is 0 Å². The second-order valence-corrected chi connectivity index (χ2v) is 6.45. The Morgan fingerprint density at radius 3 is 2.69 bits per heavy atom. The molecule has 26 heavy (non-hydrogen) atoms. The number of nitrogens with zero attached hydrogens (tertiary/aromatic N) is 1. The molecule has 0 N–H and O–H groups in total. The van der Waals surface area contributed by atoms with Crippen molar-refractivity contribution >= 4 is 23.3 Å². The van der Waals surface area contributed by atoms with Crippen LogP contribution in [0.5, 0.6) is 5.75 Å². The molecule has 2 heterocycles. The number of anilines is 1. The highest BCUT2D eigenvalue weighted by Gasteiger charge is 2.42. The zero-order valence-electron chi connectivity index (χ0n) is 14.7. The van der Waals surface area contributed by atoms with Crippen LogP contribution in [0.15, 0.2) is 30.3 Å². The summed E-state index contributed by atoms with van der Waals surface area (Å²) in [6.45, 7) is 1.87. The number of ether oxygens (including phenoxy) is 2. The highest BCUT2D eigenvalue weighted by Crippen LogP contribution is 2.49. The fraction of sp³-hybridized carbons (Fsp3) is 0.250. The van der Waals surface area contributed by atoms with E-state index in [0.717, 1.165) is 16.7 Å². The van der Waals surface area contributed by atoms with E-state index >= 15 is 0 Å². The predicted octanol–water partition coefficient (Wildman–Crippen LogP) is 2.82. The number of rotatable bonds is 2. The van der Waals surface area contributed by atoms with Crippen LogP contribution in [0.2, 0.25) is 0 Å². The Balaban J connectivity index is 2.02. The summed E-state index contributed by atoms with van der Waals surface area (Å²) in [6.07, 6.45) is -0.733. The van der Waals surface area contributed by atoms with Gasteiger partial charge in [-0.05, 0) is 30.2 Å². The van der Waals surface area contributed by atoms with Gasteiger partial charge in [0.25, 0.3) is 11.7 Å². The number of carbonyl (C=O) groups excluding carboxylic acids is 3. The molecule has 2 aliphatic heterocycles. The molecule has 2 aromatic carbocycles. The number of likely N-dealkylation sites (N-methyl/N-ethyl adjacent to an activating group) is 1. The number of carbonyl (C=O) groups is 3. The SMILES string of the molecule is COC(=O)CC1Oc2ccccc2-c2cc(C)c3c(c21)C(=O)C(=O)N3C. The van der Waals surface area contributed by atoms with Crippen molar-refractivity contribution in [2.24, 2.45) is 0 Å². The lowest BCUT2D eigenvalue weighted by molar-refractivity contribution is -0.142. The minimum Gasteiger partial charge on any atom is -0.484 e. The van der Waals surface area contributed by atoms with Gasteiger partial charge in [-0.15, -0.1) is 0 Å². The number of ketones is 1. The number of hydrogen-bond acceptors (Lipinski definition) is 5. The minimum absolute atomic E-state index is 0.0431. The minimum atomic E-state index is -0.690. The number of fused-ring (bicyclic) bond motifs is 5. The van der Waals surface area contributed by atoms with Crippen molar-refractivity contribution in [3.63, 3.8) is 0 Å². The van der Waals surface area contributed by atoms with E-state index in [-0.39, 0.29) is 6.42 Å². The smallest absolute Gasteiger partial charge is 0.309 e. The monoisotopic (exact) mass is 351 g/mol. The first-order chi connectivity index (χ1) is 12.4. The largest absolute Gasteiger partial charge is 0.484 e. The Bertz CT molecular complexity index is 978. The van der Waals surface area contributed by atoms with Crippen LogP contribution in [-0.4, -0.2) is 31.8 Å². The third kappa shape index (κ3) is 2.15. The maximum absolute atomic E-state index is 12.7. The van der Waals surface area contributed by atoms with Crippen LogP contribution < -0.4 is 9.64 Å². The van der Waals surface area contributed by atoms with Gasteiger partial charge in [-0.3, -0.25) is 14.4 Å². The lowest BCUT2D eigenvalue weighted by Gasteiger charge is -2.30. The summed E-state index contributed by atoms with van der Waals surface area (Å²) in [6, 6.07) is 9.40. The second-order valence-electron chi connectivity index (χ2n) is 6.45. The van der Waals surface area contributed by atoms with Gasteiger partial charge >= 0.3 is 5.97 Å². The van der Waals surface area contributed by atoms with Gasteiger partial charge < -0.3 is 14.4 Å². The molecule has 0 radical (unpaired) electrons. The zero-order chi connectivity index (χ0) is 18.6. The highest BCUT2D eigenvalue weighted by atomic mass is 16.5. The van der Waals surface area contributed by atoms with Gasteiger partial charge in [0.15, 0.2) is 0 Å². The summed E-state index contributed by atoms with van der Waals surface area (Å²) in [5, 5.41) is 0. The van der Waals surface area contributed by atoms with Crippen molar-refractivity contribution in [3.05, 3.63) is 47.0 Å². The molecule has 2 aromatic rings. The molecule has 0 saturated carbocycles. The van der Waals surface area contributed by atoms with Gasteiger partial charge in [-0.1, -0.05) is 18.2 Å². The summed E-state index contributed by atoms with van der Waals surface area (Å²) < 4.78 is 10.8. The molecule has 1 atom stereocenters. The lowest BCUT2D eigenvalue weighted by atomic mass is 9.85. The molecule has 6 nitrogen and oxygen atoms in total. The van der Waals surface area contributed by atoms with Crippen LogP contribution in [0.3, 0.4) is 0 Å². The molecular formula is C20H17NO5. The van der Waals surface area contributed by atoms with Crippen LogP contribution in [0.25, 0.3) is 11.1 Å². The van der Waals surface area contributed by atoms with Gasteiger partial charge in [0.05, 0.1) is 24.8 Å². The van der Waals surface area contributed by atoms with E-state index in [1.807, 2.05) is 37.3 Å². The van der Waals surface area contributed by atoms with E-state index in [9.17, 15) is 14.4 Å². The molecule has 0 fully saturated rings. The third-order valence-electron chi connectivity index (χ3n) is 4.94. The van der Waals surface area contributed by atoms with Crippen LogP contribution in [0.4, 0.5) is 5.69 Å². The van der Waals surface area contributed by atoms with E-state index in [0.29, 0.717) is 22.6 Å². The molecule has 132 valence electrons. The molecule has 0 spiro atoms. The van der Waals surface area contributed by atoms with Crippen molar-refractivity contribution in [3.8, 4) is 16.9 Å². The number of benzene rings is 2. The topological polar surface area (TPSA) is 72.9 Å². The Morgan fingerprint density at radius 2 is 1.96 bits per heavy atom. The Labute approximate surface area is 150 Å². The summed E-state index contributed by atoms with van der Waals surface area (Å²) in [5.41, 5.74) is 3.97. The van der Waals surface area contributed by atoms with E-state index < -0.39 is 23.8 Å². The zero-order valence-corrected chi connectivity index (χ0v) is 14.7. The number of amides is 1. The van der Waals surface area contributed by atoms with Gasteiger partial charge in [0, 0.05) is 18.2 Å². The second kappa shape index (κ2) is 5.69. The van der Waals surface area contributed by atoms with E-state index in [4.69, 9.17) is 9.47 Å². The first kappa shape index (κ1) is 16.3. The summed E-state index contributed by atoms with van der Waals surface area (Å²) in [5.74, 6) is -0.953. The van der Waals surface area contributed by atoms with E-state index in [1.165, 1.54) is 12.0 Å². The number of esters is 1. The standard InChI is InChI=1S/C20H17NO5/c1-10-8-12-11-6-4-5-7-13(11)26-14(9-15(22)25-3)16(12)17-18(10)21(2)20(24)19(17)23/h4-8,14H,9H2,1-3H3. The summed E-state index contributed by atoms with van der Waals surface area (Å²) in [4.78, 5) is 38.2. The molecule has 6 heteroatoms. The quantitative estimate of drug-likeness (QED) is 0.614. The number of Topliss-reactive ketones (excluding diaryl/α,β-unsaturated/α-hetero) is 1. The predicted molar refractivity (Wildman–Crippen MR) is 94.4 cm³/mol. The van der Waals surface area contributed by atoms with Crippen LogP contribution in [0.1, 0.15) is 34.0 Å². The molecule has 0 bridgehead atoms. The third-order valence-corrected chi connectivity index (χ3v) is 4.94. The van der Waals surface area contributed by atoms with E-state index in [1.54, 1.807) is 7.05 Å². The Hall–Kier alpha value is -3.15. The molecule has 2 aliphatic rings. The fourth-order valence-electron chi connectivity index (χ4n) is 3.78. The summed E-state index contributed by atoms with van der Waals surface area (Å²) in [7, 11) is 2.89. The van der Waals surface area contributed by atoms with Crippen molar-refractivity contribution < 1.29 is 23.9 Å². The van der Waals surface area contributed by atoms with Gasteiger partial charge in [-0.2, -0.15) is 0 Å². The number of hydrogen-bond donors (Lipinski definition) is 0. The van der Waals surface area contributed by atoms with E-state index in [2.05, 4.69) is 0 Å². The summed E-state index contributed by atoms with van der Waals surface area (Å²) >= 11 is 0. The average molecular weight is 351 g/mol. The Morgan fingerprint density at radius 1 is 1.23 bits per heavy atom. The van der Waals surface area contributed by atoms with Crippen LogP contribution in [-0.2, 0) is 14.3 Å². The van der Waals surface area contributed by atoms with Crippen molar-refractivity contribution in [1.29, 1.82) is 0 Å². The van der Waals surface area contributed by atoms with Crippen molar-refractivity contribution in [2.45, 2.75) is 19.4 Å².